The number of carboxylic acid groups (broad SMARTS) is 1. The zero-order chi connectivity index (χ0) is 24.1. The maximum absolute atomic E-state index is 12.3. The molecule has 5 N–H and O–H groups in total. The molecule has 0 fully saturated rings. The number of aromatic hydroxyl groups is 1. The molecule has 0 aliphatic carbocycles. The Balaban J connectivity index is 1.82. The standard InChI is InChI=1S/C21H25N5O7/c1-2-3-10-33-21(31)26-16(19(29)30)13-25-18(28)15-6-5-14(12-17(15)27)32-11-9-24-20-22-7-4-8-23-20/h2,4-8,12,16,27H,1,3,9-11,13H2,(H,25,28)(H,26,31)(H,29,30)(H,22,23,24)/t16-/m0/s1. The van der Waals surface area contributed by atoms with Crippen LogP contribution in [0, 0.1) is 0 Å². The Morgan fingerprint density at radius 3 is 2.61 bits per heavy atom. The lowest BCUT2D eigenvalue weighted by molar-refractivity contribution is -0.139. The minimum Gasteiger partial charge on any atom is -0.507 e. The largest absolute Gasteiger partial charge is 0.507 e. The van der Waals surface area contributed by atoms with Crippen LogP contribution in [0.5, 0.6) is 11.5 Å². The Morgan fingerprint density at radius 2 is 1.94 bits per heavy atom. The first-order chi connectivity index (χ1) is 15.9. The number of carbonyl (C=O) groups is 3. The quantitative estimate of drug-likeness (QED) is 0.216. The molecule has 1 aromatic heterocycles. The average Bonchev–Trinajstić information content (AvgIpc) is 2.80. The molecule has 33 heavy (non-hydrogen) atoms. The molecule has 2 aromatic rings. The van der Waals surface area contributed by atoms with Gasteiger partial charge in [-0.15, -0.1) is 6.58 Å². The number of aliphatic carboxylic acids is 1. The van der Waals surface area contributed by atoms with E-state index in [1.165, 1.54) is 18.2 Å². The molecule has 0 spiro atoms. The number of hydrogen-bond donors (Lipinski definition) is 5. The minimum absolute atomic E-state index is 0.0480. The maximum atomic E-state index is 12.3. The number of amides is 2. The van der Waals surface area contributed by atoms with Crippen molar-refractivity contribution >= 4 is 23.9 Å². The predicted molar refractivity (Wildman–Crippen MR) is 117 cm³/mol. The second-order valence-corrected chi connectivity index (χ2v) is 6.49. The van der Waals surface area contributed by atoms with Gasteiger partial charge in [0.25, 0.3) is 5.91 Å². The first kappa shape index (κ1) is 24.9. The summed E-state index contributed by atoms with van der Waals surface area (Å²) in [7, 11) is 0. The summed E-state index contributed by atoms with van der Waals surface area (Å²) in [6.07, 6.45) is 4.22. The molecule has 1 heterocycles. The Kier molecular flexibility index (Phi) is 9.93. The van der Waals surface area contributed by atoms with Crippen molar-refractivity contribution in [3.05, 3.63) is 54.9 Å². The van der Waals surface area contributed by atoms with Crippen molar-refractivity contribution < 1.29 is 34.1 Å². The predicted octanol–water partition coefficient (Wildman–Crippen LogP) is 1.16. The molecule has 0 saturated heterocycles. The van der Waals surface area contributed by atoms with Crippen LogP contribution in [0.25, 0.3) is 0 Å². The Hall–Kier alpha value is -4.35. The molecule has 0 bridgehead atoms. The van der Waals surface area contributed by atoms with Crippen molar-refractivity contribution in [2.45, 2.75) is 12.5 Å². The molecule has 12 heteroatoms. The van der Waals surface area contributed by atoms with Crippen LogP contribution in [0.2, 0.25) is 0 Å². The summed E-state index contributed by atoms with van der Waals surface area (Å²) in [4.78, 5) is 43.3. The van der Waals surface area contributed by atoms with Crippen LogP contribution >= 0.6 is 0 Å². The second kappa shape index (κ2) is 13.1. The Morgan fingerprint density at radius 1 is 1.18 bits per heavy atom. The van der Waals surface area contributed by atoms with Crippen LogP contribution in [0.15, 0.2) is 49.3 Å². The SMILES string of the molecule is C=CCCOC(=O)N[C@@H](CNC(=O)c1ccc(OCCNc2ncccn2)cc1O)C(=O)O. The van der Waals surface area contributed by atoms with E-state index in [1.54, 1.807) is 24.5 Å². The number of carbonyl (C=O) groups excluding carboxylic acids is 2. The maximum Gasteiger partial charge on any atom is 0.407 e. The number of anilines is 1. The zero-order valence-electron chi connectivity index (χ0n) is 17.7. The number of hydrogen-bond acceptors (Lipinski definition) is 9. The van der Waals surface area contributed by atoms with Crippen LogP contribution in [0.1, 0.15) is 16.8 Å². The zero-order valence-corrected chi connectivity index (χ0v) is 17.7. The molecule has 0 aliphatic rings. The van der Waals surface area contributed by atoms with Crippen molar-refractivity contribution in [3.8, 4) is 11.5 Å². The van der Waals surface area contributed by atoms with Gasteiger partial charge in [0.2, 0.25) is 5.95 Å². The highest BCUT2D eigenvalue weighted by Crippen LogP contribution is 2.23. The highest BCUT2D eigenvalue weighted by atomic mass is 16.5. The van der Waals surface area contributed by atoms with E-state index in [-0.39, 0.29) is 24.5 Å². The number of phenols is 1. The van der Waals surface area contributed by atoms with Gasteiger partial charge in [-0.25, -0.2) is 19.6 Å². The van der Waals surface area contributed by atoms with Gasteiger partial charge in [-0.05, 0) is 24.6 Å². The molecule has 2 rings (SSSR count). The topological polar surface area (TPSA) is 172 Å². The van der Waals surface area contributed by atoms with E-state index >= 15 is 0 Å². The summed E-state index contributed by atoms with van der Waals surface area (Å²) < 4.78 is 10.3. The molecule has 0 saturated carbocycles. The second-order valence-electron chi connectivity index (χ2n) is 6.49. The van der Waals surface area contributed by atoms with Crippen molar-refractivity contribution in [1.82, 2.24) is 20.6 Å². The van der Waals surface area contributed by atoms with E-state index in [9.17, 15) is 24.6 Å². The average molecular weight is 459 g/mol. The fourth-order valence-electron chi connectivity index (χ4n) is 2.42. The van der Waals surface area contributed by atoms with E-state index in [0.29, 0.717) is 24.7 Å². The van der Waals surface area contributed by atoms with E-state index < -0.39 is 30.6 Å². The number of aromatic nitrogens is 2. The van der Waals surface area contributed by atoms with Crippen molar-refractivity contribution in [2.75, 3.05) is 31.6 Å². The Labute approximate surface area is 189 Å². The first-order valence-corrected chi connectivity index (χ1v) is 9.92. The first-order valence-electron chi connectivity index (χ1n) is 9.92. The van der Waals surface area contributed by atoms with E-state index in [0.717, 1.165) is 0 Å². The van der Waals surface area contributed by atoms with Gasteiger partial charge in [0.05, 0.1) is 18.7 Å². The van der Waals surface area contributed by atoms with Gasteiger partial charge in [0.15, 0.2) is 0 Å². The van der Waals surface area contributed by atoms with E-state index in [2.05, 4.69) is 32.5 Å². The van der Waals surface area contributed by atoms with Crippen molar-refractivity contribution in [1.29, 1.82) is 0 Å². The molecule has 0 aliphatic heterocycles. The fraction of sp³-hybridized carbons (Fsp3) is 0.286. The molecule has 2 amide bonds. The third kappa shape index (κ3) is 8.73. The Bertz CT molecular complexity index is 955. The van der Waals surface area contributed by atoms with Crippen LogP contribution in [-0.4, -0.2) is 70.5 Å². The highest BCUT2D eigenvalue weighted by molar-refractivity contribution is 5.97. The molecular formula is C21H25N5O7. The van der Waals surface area contributed by atoms with Gasteiger partial charge < -0.3 is 35.6 Å². The van der Waals surface area contributed by atoms with E-state index in [1.807, 2.05) is 0 Å². The van der Waals surface area contributed by atoms with Gasteiger partial charge in [-0.3, -0.25) is 4.79 Å². The van der Waals surface area contributed by atoms with Crippen LogP contribution in [0.3, 0.4) is 0 Å². The number of rotatable bonds is 13. The molecule has 0 unspecified atom stereocenters. The third-order valence-electron chi connectivity index (χ3n) is 4.05. The highest BCUT2D eigenvalue weighted by Gasteiger charge is 2.22. The molecule has 1 aromatic carbocycles. The summed E-state index contributed by atoms with van der Waals surface area (Å²) in [6, 6.07) is 4.35. The lowest BCUT2D eigenvalue weighted by atomic mass is 10.1. The summed E-state index contributed by atoms with van der Waals surface area (Å²) in [5, 5.41) is 26.8. The normalized spacial score (nSPS) is 11.0. The monoisotopic (exact) mass is 459 g/mol. The minimum atomic E-state index is -1.42. The van der Waals surface area contributed by atoms with Gasteiger partial charge in [-0.1, -0.05) is 6.08 Å². The van der Waals surface area contributed by atoms with Crippen molar-refractivity contribution in [3.63, 3.8) is 0 Å². The smallest absolute Gasteiger partial charge is 0.407 e. The molecule has 12 nitrogen and oxygen atoms in total. The number of nitrogens with zero attached hydrogens (tertiary/aromatic N) is 2. The summed E-state index contributed by atoms with van der Waals surface area (Å²) >= 11 is 0. The lowest BCUT2D eigenvalue weighted by Crippen LogP contribution is -2.48. The van der Waals surface area contributed by atoms with Crippen molar-refractivity contribution in [2.24, 2.45) is 0 Å². The third-order valence-corrected chi connectivity index (χ3v) is 4.05. The lowest BCUT2D eigenvalue weighted by Gasteiger charge is -2.15. The fourth-order valence-corrected chi connectivity index (χ4v) is 2.42. The number of benzene rings is 1. The van der Waals surface area contributed by atoms with Crippen LogP contribution < -0.4 is 20.7 Å². The van der Waals surface area contributed by atoms with E-state index in [4.69, 9.17) is 9.47 Å². The molecule has 176 valence electrons. The summed E-state index contributed by atoms with van der Waals surface area (Å²) in [5.74, 6) is -1.66. The van der Waals surface area contributed by atoms with Gasteiger partial charge in [0, 0.05) is 25.0 Å². The van der Waals surface area contributed by atoms with Gasteiger partial charge in [-0.2, -0.15) is 0 Å². The molecular weight excluding hydrogens is 434 g/mol. The van der Waals surface area contributed by atoms with Gasteiger partial charge >= 0.3 is 12.1 Å². The molecule has 0 radical (unpaired) electrons. The summed E-state index contributed by atoms with van der Waals surface area (Å²) in [6.45, 7) is 3.76. The van der Waals surface area contributed by atoms with Gasteiger partial charge in [0.1, 0.15) is 24.1 Å². The number of nitrogens with one attached hydrogen (secondary N) is 3. The van der Waals surface area contributed by atoms with Crippen LogP contribution in [-0.2, 0) is 9.53 Å². The molecule has 1 atom stereocenters. The number of ether oxygens (including phenoxy) is 2. The number of phenolic OH excluding ortho intramolecular Hbond substituents is 1. The number of alkyl carbamates (subject to hydrolysis) is 1. The van der Waals surface area contributed by atoms with Crippen LogP contribution in [0.4, 0.5) is 10.7 Å². The summed E-state index contributed by atoms with van der Waals surface area (Å²) in [5.41, 5.74) is -0.0872. The number of carboxylic acids is 1.